The highest BCUT2D eigenvalue weighted by Gasteiger charge is 2.23. The quantitative estimate of drug-likeness (QED) is 0.284. The van der Waals surface area contributed by atoms with E-state index in [9.17, 15) is 9.59 Å². The molecule has 3 heterocycles. The van der Waals surface area contributed by atoms with E-state index < -0.39 is 5.97 Å². The predicted molar refractivity (Wildman–Crippen MR) is 110 cm³/mol. The van der Waals surface area contributed by atoms with E-state index in [1.807, 2.05) is 24.3 Å². The van der Waals surface area contributed by atoms with Crippen molar-refractivity contribution in [3.8, 4) is 0 Å². The Kier molecular flexibility index (Phi) is 5.06. The van der Waals surface area contributed by atoms with Crippen LogP contribution in [0.4, 0.5) is 0 Å². The highest BCUT2D eigenvalue weighted by molar-refractivity contribution is 7.99. The Labute approximate surface area is 170 Å². The normalized spacial score (nSPS) is 11.3. The number of rotatable bonds is 6. The zero-order valence-corrected chi connectivity index (χ0v) is 17.0. The fraction of sp³-hybridized carbons (Fsp3) is 0.250. The number of hydrogen-bond donors (Lipinski definition) is 2. The number of carbonyl (C=O) groups excluding carboxylic acids is 2. The number of hydrogen-bond acceptors (Lipinski definition) is 7. The van der Waals surface area contributed by atoms with Crippen LogP contribution in [0.2, 0.25) is 0 Å². The number of H-pyrrole nitrogens is 2. The van der Waals surface area contributed by atoms with E-state index >= 15 is 0 Å². The summed E-state index contributed by atoms with van der Waals surface area (Å²) < 4.78 is 5.07. The predicted octanol–water partition coefficient (Wildman–Crippen LogP) is 3.60. The zero-order chi connectivity index (χ0) is 20.5. The van der Waals surface area contributed by atoms with E-state index in [4.69, 9.17) is 4.74 Å². The first kappa shape index (κ1) is 19.1. The second-order valence-electron chi connectivity index (χ2n) is 6.52. The molecule has 4 rings (SSSR count). The topological polar surface area (TPSA) is 114 Å². The van der Waals surface area contributed by atoms with Gasteiger partial charge in [0.05, 0.1) is 23.6 Å². The summed E-state index contributed by atoms with van der Waals surface area (Å²) in [5, 5.41) is 9.76. The van der Waals surface area contributed by atoms with Crippen molar-refractivity contribution >= 4 is 45.6 Å². The van der Waals surface area contributed by atoms with Gasteiger partial charge in [-0.25, -0.2) is 9.78 Å². The van der Waals surface area contributed by atoms with Crippen molar-refractivity contribution in [1.29, 1.82) is 0 Å². The Balaban J connectivity index is 1.53. The minimum absolute atomic E-state index is 0.122. The van der Waals surface area contributed by atoms with Crippen molar-refractivity contribution in [2.45, 2.75) is 25.9 Å². The summed E-state index contributed by atoms with van der Waals surface area (Å²) in [6, 6.07) is 7.78. The Hall–Kier alpha value is -3.20. The summed E-state index contributed by atoms with van der Waals surface area (Å²) in [5.41, 5.74) is 4.30. The van der Waals surface area contributed by atoms with Crippen LogP contribution < -0.4 is 0 Å². The van der Waals surface area contributed by atoms with E-state index in [0.717, 1.165) is 10.9 Å². The van der Waals surface area contributed by atoms with Gasteiger partial charge < -0.3 is 14.7 Å². The number of para-hydroxylation sites is 1. The fourth-order valence-electron chi connectivity index (χ4n) is 3.31. The number of thioether (sulfide) groups is 1. The first-order chi connectivity index (χ1) is 14.0. The van der Waals surface area contributed by atoms with E-state index in [1.54, 1.807) is 20.8 Å². The molecular formula is C20H19N5O3S. The number of nitrogens with zero attached hydrogens (tertiary/aromatic N) is 3. The monoisotopic (exact) mass is 409 g/mol. The largest absolute Gasteiger partial charge is 0.462 e. The van der Waals surface area contributed by atoms with Crippen molar-refractivity contribution in [2.75, 3.05) is 12.4 Å². The van der Waals surface area contributed by atoms with Gasteiger partial charge in [0.1, 0.15) is 5.52 Å². The van der Waals surface area contributed by atoms with Crippen molar-refractivity contribution in [2.24, 2.45) is 0 Å². The molecule has 29 heavy (non-hydrogen) atoms. The van der Waals surface area contributed by atoms with Crippen molar-refractivity contribution in [3.05, 3.63) is 46.8 Å². The fourth-order valence-corrected chi connectivity index (χ4v) is 3.97. The van der Waals surface area contributed by atoms with E-state index in [0.29, 0.717) is 38.8 Å². The number of aromatic nitrogens is 5. The number of fused-ring (bicyclic) bond motifs is 3. The summed E-state index contributed by atoms with van der Waals surface area (Å²) in [6.45, 7) is 5.51. The summed E-state index contributed by atoms with van der Waals surface area (Å²) in [7, 11) is 0. The summed E-state index contributed by atoms with van der Waals surface area (Å²) in [5.74, 6) is -0.454. The molecule has 0 bridgehead atoms. The highest BCUT2D eigenvalue weighted by Crippen LogP contribution is 2.25. The summed E-state index contributed by atoms with van der Waals surface area (Å²) in [6.07, 6.45) is 0. The second-order valence-corrected chi connectivity index (χ2v) is 7.46. The van der Waals surface area contributed by atoms with Gasteiger partial charge in [-0.2, -0.15) is 0 Å². The third-order valence-corrected chi connectivity index (χ3v) is 5.47. The van der Waals surface area contributed by atoms with Gasteiger partial charge in [0.25, 0.3) is 0 Å². The molecule has 4 aromatic rings. The van der Waals surface area contributed by atoms with E-state index in [-0.39, 0.29) is 18.1 Å². The first-order valence-electron chi connectivity index (χ1n) is 9.13. The Morgan fingerprint density at radius 1 is 1.14 bits per heavy atom. The lowest BCUT2D eigenvalue weighted by molar-refractivity contribution is 0.0525. The molecule has 0 aliphatic rings. The molecule has 0 radical (unpaired) electrons. The number of carbonyl (C=O) groups is 2. The molecule has 3 aromatic heterocycles. The van der Waals surface area contributed by atoms with Crippen LogP contribution in [-0.2, 0) is 4.74 Å². The van der Waals surface area contributed by atoms with Gasteiger partial charge in [-0.05, 0) is 32.4 Å². The van der Waals surface area contributed by atoms with Gasteiger partial charge in [0.2, 0.25) is 5.16 Å². The molecule has 2 N–H and O–H groups in total. The van der Waals surface area contributed by atoms with Gasteiger partial charge >= 0.3 is 5.97 Å². The van der Waals surface area contributed by atoms with Crippen LogP contribution in [0.5, 0.6) is 0 Å². The molecule has 0 aliphatic heterocycles. The average molecular weight is 409 g/mol. The molecule has 9 heteroatoms. The lowest BCUT2D eigenvalue weighted by atomic mass is 10.1. The number of ketones is 1. The average Bonchev–Trinajstić information content (AvgIpc) is 3.22. The molecule has 0 amide bonds. The summed E-state index contributed by atoms with van der Waals surface area (Å²) >= 11 is 1.20. The minimum atomic E-state index is -0.428. The standard InChI is InChI=1S/C20H19N5O3S/c1-4-28-19(27)15-10(2)16(21-11(15)3)14(26)9-29-20-23-18-17(24-25-20)12-7-5-6-8-13(12)22-18/h5-8,21H,4,9H2,1-3H3,(H,22,23,25). The SMILES string of the molecule is CCOC(=O)c1c(C)[nH]c(C(=O)CSc2nnc3c(n2)[nH]c2ccccc23)c1C. The first-order valence-corrected chi connectivity index (χ1v) is 10.1. The van der Waals surface area contributed by atoms with Crippen molar-refractivity contribution in [1.82, 2.24) is 25.1 Å². The van der Waals surface area contributed by atoms with Crippen LogP contribution in [0.3, 0.4) is 0 Å². The van der Waals surface area contributed by atoms with E-state index in [1.165, 1.54) is 11.8 Å². The van der Waals surface area contributed by atoms with Crippen LogP contribution in [0.1, 0.15) is 39.0 Å². The maximum atomic E-state index is 12.7. The Morgan fingerprint density at radius 3 is 2.72 bits per heavy atom. The lowest BCUT2D eigenvalue weighted by Crippen LogP contribution is -2.08. The molecular weight excluding hydrogens is 390 g/mol. The number of ether oxygens (including phenoxy) is 1. The van der Waals surface area contributed by atoms with Crippen LogP contribution in [-0.4, -0.2) is 49.3 Å². The molecule has 148 valence electrons. The molecule has 0 fully saturated rings. The van der Waals surface area contributed by atoms with Crippen molar-refractivity contribution in [3.63, 3.8) is 0 Å². The van der Waals surface area contributed by atoms with E-state index in [2.05, 4.69) is 25.1 Å². The number of benzene rings is 1. The maximum absolute atomic E-state index is 12.7. The third kappa shape index (κ3) is 3.49. The minimum Gasteiger partial charge on any atom is -0.462 e. The third-order valence-electron chi connectivity index (χ3n) is 4.63. The lowest BCUT2D eigenvalue weighted by Gasteiger charge is -2.03. The number of nitrogens with one attached hydrogen (secondary N) is 2. The second kappa shape index (κ2) is 7.67. The number of aryl methyl sites for hydroxylation is 1. The van der Waals surface area contributed by atoms with Crippen LogP contribution >= 0.6 is 11.8 Å². The van der Waals surface area contributed by atoms with Gasteiger partial charge in [-0.1, -0.05) is 30.0 Å². The molecule has 0 saturated carbocycles. The Bertz CT molecular complexity index is 1240. The van der Waals surface area contributed by atoms with Crippen LogP contribution in [0.15, 0.2) is 29.4 Å². The molecule has 8 nitrogen and oxygen atoms in total. The van der Waals surface area contributed by atoms with Gasteiger partial charge in [-0.3, -0.25) is 4.79 Å². The van der Waals surface area contributed by atoms with Crippen LogP contribution in [0.25, 0.3) is 22.1 Å². The smallest absolute Gasteiger partial charge is 0.340 e. The van der Waals surface area contributed by atoms with Gasteiger partial charge in [0.15, 0.2) is 11.4 Å². The van der Waals surface area contributed by atoms with Crippen molar-refractivity contribution < 1.29 is 14.3 Å². The summed E-state index contributed by atoms with van der Waals surface area (Å²) in [4.78, 5) is 35.5. The number of aromatic amines is 2. The molecule has 0 aliphatic carbocycles. The van der Waals surface area contributed by atoms with Gasteiger partial charge in [-0.15, -0.1) is 10.2 Å². The molecule has 0 spiro atoms. The number of Topliss-reactive ketones (excluding diaryl/α,β-unsaturated/α-hetero) is 1. The Morgan fingerprint density at radius 2 is 1.93 bits per heavy atom. The molecule has 0 unspecified atom stereocenters. The van der Waals surface area contributed by atoms with Crippen LogP contribution in [0, 0.1) is 13.8 Å². The highest BCUT2D eigenvalue weighted by atomic mass is 32.2. The maximum Gasteiger partial charge on any atom is 0.340 e. The molecule has 0 saturated heterocycles. The zero-order valence-electron chi connectivity index (χ0n) is 16.2. The van der Waals surface area contributed by atoms with Gasteiger partial charge in [0, 0.05) is 16.6 Å². The molecule has 0 atom stereocenters. The number of esters is 1. The molecule has 1 aromatic carbocycles.